The topological polar surface area (TPSA) is 71.5 Å². The van der Waals surface area contributed by atoms with Crippen LogP contribution in [0.3, 0.4) is 0 Å². The fraction of sp³-hybridized carbons (Fsp3) is 0.312. The molecule has 1 atom stereocenters. The number of esters is 1. The monoisotopic (exact) mass is 395 g/mol. The van der Waals surface area contributed by atoms with Crippen molar-refractivity contribution in [2.45, 2.75) is 19.6 Å². The van der Waals surface area contributed by atoms with E-state index in [-0.39, 0.29) is 5.91 Å². The summed E-state index contributed by atoms with van der Waals surface area (Å²) in [5.41, 5.74) is 0. The van der Waals surface area contributed by atoms with Gasteiger partial charge in [0.25, 0.3) is 5.91 Å². The summed E-state index contributed by atoms with van der Waals surface area (Å²) < 4.78 is 6.21. The Morgan fingerprint density at radius 2 is 2.16 bits per heavy atom. The van der Waals surface area contributed by atoms with Gasteiger partial charge in [-0.2, -0.15) is 0 Å². The number of ether oxygens (including phenoxy) is 1. The first-order valence-electron chi connectivity index (χ1n) is 7.53. The molecular weight excluding hydrogens is 378 g/mol. The highest BCUT2D eigenvalue weighted by atomic mass is 32.1. The summed E-state index contributed by atoms with van der Waals surface area (Å²) in [4.78, 5) is 33.0. The van der Waals surface area contributed by atoms with Gasteiger partial charge in [0, 0.05) is 19.0 Å². The van der Waals surface area contributed by atoms with Gasteiger partial charge >= 0.3 is 5.97 Å². The number of fused-ring (bicyclic) bond motifs is 1. The van der Waals surface area contributed by atoms with E-state index in [2.05, 4.69) is 10.3 Å². The quantitative estimate of drug-likeness (QED) is 0.648. The second-order valence-corrected chi connectivity index (χ2v) is 8.59. The highest BCUT2D eigenvalue weighted by molar-refractivity contribution is 7.29. The van der Waals surface area contributed by atoms with Crippen molar-refractivity contribution in [2.24, 2.45) is 0 Å². The molecule has 0 bridgehead atoms. The number of nitrogens with one attached hydrogen (secondary N) is 1. The predicted molar refractivity (Wildman–Crippen MR) is 103 cm³/mol. The van der Waals surface area contributed by atoms with Crippen molar-refractivity contribution >= 4 is 60.5 Å². The lowest BCUT2D eigenvalue weighted by Crippen LogP contribution is -2.35. The first-order valence-corrected chi connectivity index (χ1v) is 10.0. The fourth-order valence-corrected chi connectivity index (χ4v) is 4.68. The Kier molecular flexibility index (Phi) is 5.36. The van der Waals surface area contributed by atoms with Crippen molar-refractivity contribution in [1.29, 1.82) is 0 Å². The summed E-state index contributed by atoms with van der Waals surface area (Å²) >= 11 is 4.36. The van der Waals surface area contributed by atoms with Crippen molar-refractivity contribution in [3.63, 3.8) is 0 Å². The van der Waals surface area contributed by atoms with Crippen molar-refractivity contribution in [3.05, 3.63) is 33.3 Å². The molecule has 0 aliphatic heterocycles. The molecule has 0 aliphatic rings. The third kappa shape index (κ3) is 4.17. The Bertz CT molecular complexity index is 852. The summed E-state index contributed by atoms with van der Waals surface area (Å²) in [5, 5.41) is 5.60. The Morgan fingerprint density at radius 1 is 1.36 bits per heavy atom. The van der Waals surface area contributed by atoms with Crippen molar-refractivity contribution < 1.29 is 14.3 Å². The lowest BCUT2D eigenvalue weighted by atomic mass is 10.3. The molecule has 0 aromatic carbocycles. The van der Waals surface area contributed by atoms with Gasteiger partial charge in [0.05, 0.1) is 11.2 Å². The summed E-state index contributed by atoms with van der Waals surface area (Å²) in [7, 11) is 3.85. The van der Waals surface area contributed by atoms with Crippen LogP contribution < -0.4 is 10.2 Å². The van der Waals surface area contributed by atoms with E-state index in [1.54, 1.807) is 24.3 Å². The van der Waals surface area contributed by atoms with Crippen LogP contribution in [0.1, 0.15) is 21.5 Å². The average molecular weight is 396 g/mol. The minimum atomic E-state index is -0.849. The van der Waals surface area contributed by atoms with Crippen LogP contribution in [0.2, 0.25) is 0 Å². The van der Waals surface area contributed by atoms with Gasteiger partial charge in [-0.1, -0.05) is 17.4 Å². The zero-order valence-electron chi connectivity index (χ0n) is 13.9. The first-order chi connectivity index (χ1) is 11.9. The molecule has 3 aromatic heterocycles. The minimum Gasteiger partial charge on any atom is -0.448 e. The number of nitrogens with zero attached hydrogens (tertiary/aromatic N) is 2. The molecule has 6 nitrogen and oxygen atoms in total. The number of aromatic nitrogens is 1. The molecule has 0 saturated heterocycles. The largest absolute Gasteiger partial charge is 0.448 e. The van der Waals surface area contributed by atoms with Crippen LogP contribution in [0.4, 0.5) is 5.13 Å². The molecule has 0 aliphatic carbocycles. The first kappa shape index (κ1) is 17.8. The standard InChI is InChI=1S/C16H17N3O3S3/c1-9(13(20)17-8-10-5-4-6-23-10)22-15(21)12-7-11-14(24-12)18-16(25-11)19(2)3/h4-7,9H,8H2,1-3H3,(H,17,20). The summed E-state index contributed by atoms with van der Waals surface area (Å²) in [6.07, 6.45) is -0.849. The predicted octanol–water partition coefficient (Wildman–Crippen LogP) is 3.35. The second kappa shape index (κ2) is 7.51. The Labute approximate surface area is 157 Å². The van der Waals surface area contributed by atoms with Crippen LogP contribution >= 0.6 is 34.0 Å². The van der Waals surface area contributed by atoms with Gasteiger partial charge in [-0.05, 0) is 24.4 Å². The number of thiazole rings is 1. The number of amides is 1. The molecule has 1 unspecified atom stereocenters. The summed E-state index contributed by atoms with van der Waals surface area (Å²) in [6, 6.07) is 5.63. The molecule has 0 spiro atoms. The summed E-state index contributed by atoms with van der Waals surface area (Å²) in [6.45, 7) is 2.00. The van der Waals surface area contributed by atoms with E-state index in [1.165, 1.54) is 22.7 Å². The molecular formula is C16H17N3O3S3. The Hall–Kier alpha value is -1.97. The van der Waals surface area contributed by atoms with E-state index in [1.807, 2.05) is 36.5 Å². The zero-order chi connectivity index (χ0) is 18.0. The molecule has 3 aromatic rings. The molecule has 1 N–H and O–H groups in total. The third-order valence-corrected chi connectivity index (χ3v) is 6.52. The van der Waals surface area contributed by atoms with E-state index < -0.39 is 12.1 Å². The van der Waals surface area contributed by atoms with E-state index >= 15 is 0 Å². The van der Waals surface area contributed by atoms with Crippen LogP contribution in [0.15, 0.2) is 23.6 Å². The summed E-state index contributed by atoms with van der Waals surface area (Å²) in [5.74, 6) is -0.812. The minimum absolute atomic E-state index is 0.312. The zero-order valence-corrected chi connectivity index (χ0v) is 16.4. The molecule has 132 valence electrons. The maximum absolute atomic E-state index is 12.3. The normalized spacial score (nSPS) is 12.1. The smallest absolute Gasteiger partial charge is 0.349 e. The number of carbonyl (C=O) groups excluding carboxylic acids is 2. The van der Waals surface area contributed by atoms with Gasteiger partial charge in [0.1, 0.15) is 9.71 Å². The van der Waals surface area contributed by atoms with Crippen molar-refractivity contribution in [3.8, 4) is 0 Å². The highest BCUT2D eigenvalue weighted by Gasteiger charge is 2.21. The van der Waals surface area contributed by atoms with Crippen LogP contribution in [0.25, 0.3) is 9.53 Å². The van der Waals surface area contributed by atoms with Gasteiger partial charge in [0.15, 0.2) is 11.2 Å². The van der Waals surface area contributed by atoms with E-state index in [4.69, 9.17) is 4.74 Å². The molecule has 0 fully saturated rings. The molecule has 0 saturated carbocycles. The highest BCUT2D eigenvalue weighted by Crippen LogP contribution is 2.34. The van der Waals surface area contributed by atoms with Gasteiger partial charge in [-0.15, -0.1) is 22.7 Å². The maximum Gasteiger partial charge on any atom is 0.349 e. The van der Waals surface area contributed by atoms with Crippen molar-refractivity contribution in [2.75, 3.05) is 19.0 Å². The maximum atomic E-state index is 12.3. The number of hydrogen-bond donors (Lipinski definition) is 1. The van der Waals surface area contributed by atoms with Gasteiger partial charge in [-0.3, -0.25) is 4.79 Å². The Morgan fingerprint density at radius 3 is 2.80 bits per heavy atom. The lowest BCUT2D eigenvalue weighted by molar-refractivity contribution is -0.129. The number of hydrogen-bond acceptors (Lipinski definition) is 8. The molecule has 25 heavy (non-hydrogen) atoms. The number of rotatable bonds is 6. The Balaban J connectivity index is 1.58. The van der Waals surface area contributed by atoms with Crippen molar-refractivity contribution in [1.82, 2.24) is 10.3 Å². The van der Waals surface area contributed by atoms with Crippen LogP contribution in [0.5, 0.6) is 0 Å². The third-order valence-electron chi connectivity index (χ3n) is 3.33. The molecule has 3 heterocycles. The average Bonchev–Trinajstić information content (AvgIpc) is 3.27. The molecule has 1 amide bonds. The van der Waals surface area contributed by atoms with Crippen LogP contribution in [-0.4, -0.2) is 37.1 Å². The second-order valence-electron chi connectivity index (χ2n) is 5.52. The van der Waals surface area contributed by atoms with Gasteiger partial charge in [0.2, 0.25) is 0 Å². The van der Waals surface area contributed by atoms with E-state index in [0.29, 0.717) is 11.4 Å². The lowest BCUT2D eigenvalue weighted by Gasteiger charge is -2.12. The molecule has 3 rings (SSSR count). The van der Waals surface area contributed by atoms with Gasteiger partial charge in [-0.25, -0.2) is 9.78 Å². The fourth-order valence-electron chi connectivity index (χ4n) is 2.02. The van der Waals surface area contributed by atoms with E-state index in [9.17, 15) is 9.59 Å². The van der Waals surface area contributed by atoms with E-state index in [0.717, 1.165) is 19.5 Å². The SMILES string of the molecule is CC(OC(=O)c1cc2sc(N(C)C)nc2s1)C(=O)NCc1cccs1. The van der Waals surface area contributed by atoms with Crippen LogP contribution in [-0.2, 0) is 16.1 Å². The van der Waals surface area contributed by atoms with Gasteiger partial charge < -0.3 is 15.0 Å². The molecule has 9 heteroatoms. The number of anilines is 1. The number of thiophene rings is 2. The molecule has 0 radical (unpaired) electrons. The number of carbonyl (C=O) groups is 2. The van der Waals surface area contributed by atoms with Crippen LogP contribution in [0, 0.1) is 0 Å².